The van der Waals surface area contributed by atoms with Gasteiger partial charge < -0.3 is 10.1 Å². The largest absolute Gasteiger partial charge is 0.494 e. The predicted molar refractivity (Wildman–Crippen MR) is 69.7 cm³/mol. The van der Waals surface area contributed by atoms with Crippen molar-refractivity contribution in [2.75, 3.05) is 11.9 Å². The fraction of sp³-hybridized carbons (Fsp3) is 0.143. The van der Waals surface area contributed by atoms with Crippen molar-refractivity contribution in [3.05, 3.63) is 53.9 Å². The van der Waals surface area contributed by atoms with Gasteiger partial charge in [-0.2, -0.15) is 4.39 Å². The summed E-state index contributed by atoms with van der Waals surface area (Å²) in [6.45, 7) is 2.39. The van der Waals surface area contributed by atoms with E-state index in [1.807, 2.05) is 6.92 Å². The van der Waals surface area contributed by atoms with Gasteiger partial charge in [0, 0.05) is 11.9 Å². The number of carbonyl (C=O) groups is 1. The highest BCUT2D eigenvalue weighted by molar-refractivity contribution is 6.04. The Balaban J connectivity index is 2.13. The topological polar surface area (TPSA) is 51.2 Å². The summed E-state index contributed by atoms with van der Waals surface area (Å²) in [7, 11) is 0. The molecule has 6 heteroatoms. The highest BCUT2D eigenvalue weighted by Crippen LogP contribution is 2.17. The second kappa shape index (κ2) is 6.10. The zero-order chi connectivity index (χ0) is 14.5. The van der Waals surface area contributed by atoms with E-state index in [-0.39, 0.29) is 0 Å². The third kappa shape index (κ3) is 3.09. The normalized spacial score (nSPS) is 10.2. The van der Waals surface area contributed by atoms with E-state index in [2.05, 4.69) is 10.3 Å². The van der Waals surface area contributed by atoms with Gasteiger partial charge in [0.1, 0.15) is 5.75 Å². The second-order valence-corrected chi connectivity index (χ2v) is 3.87. The molecule has 0 spiro atoms. The van der Waals surface area contributed by atoms with Crippen LogP contribution in [0.4, 0.5) is 14.5 Å². The molecule has 104 valence electrons. The molecule has 1 aromatic carbocycles. The quantitative estimate of drug-likeness (QED) is 0.875. The number of hydrogen-bond donors (Lipinski definition) is 1. The van der Waals surface area contributed by atoms with Gasteiger partial charge in [0.15, 0.2) is 5.82 Å². The minimum atomic E-state index is -1.30. The van der Waals surface area contributed by atoms with E-state index >= 15 is 0 Å². The zero-order valence-electron chi connectivity index (χ0n) is 10.7. The minimum absolute atomic E-state index is 0.397. The van der Waals surface area contributed by atoms with E-state index in [1.165, 1.54) is 0 Å². The summed E-state index contributed by atoms with van der Waals surface area (Å²) in [5.41, 5.74) is 0.0569. The van der Waals surface area contributed by atoms with E-state index in [0.29, 0.717) is 18.0 Å². The Morgan fingerprint density at radius 3 is 2.60 bits per heavy atom. The number of nitrogens with zero attached hydrogens (tertiary/aromatic N) is 1. The Bertz CT molecular complexity index is 615. The predicted octanol–water partition coefficient (Wildman–Crippen LogP) is 3.01. The number of nitrogens with one attached hydrogen (secondary N) is 1. The molecule has 0 unspecified atom stereocenters. The van der Waals surface area contributed by atoms with E-state index < -0.39 is 23.2 Å². The number of carbonyl (C=O) groups excluding carboxylic acids is 1. The molecule has 4 nitrogen and oxygen atoms in total. The van der Waals surface area contributed by atoms with E-state index in [1.54, 1.807) is 24.3 Å². The van der Waals surface area contributed by atoms with Gasteiger partial charge in [-0.1, -0.05) is 0 Å². The Morgan fingerprint density at radius 2 is 1.95 bits per heavy atom. The third-order valence-electron chi connectivity index (χ3n) is 2.51. The molecular weight excluding hydrogens is 266 g/mol. The SMILES string of the molecule is CCOc1ccc(NC(=O)c2ccnc(F)c2F)cc1. The molecule has 0 atom stereocenters. The Hall–Kier alpha value is -2.50. The van der Waals surface area contributed by atoms with Gasteiger partial charge in [-0.3, -0.25) is 4.79 Å². The van der Waals surface area contributed by atoms with Gasteiger partial charge >= 0.3 is 0 Å². The molecule has 2 rings (SSSR count). The highest BCUT2D eigenvalue weighted by atomic mass is 19.2. The molecule has 2 aromatic rings. The van der Waals surface area contributed by atoms with E-state index in [4.69, 9.17) is 4.74 Å². The van der Waals surface area contributed by atoms with Crippen molar-refractivity contribution in [3.63, 3.8) is 0 Å². The lowest BCUT2D eigenvalue weighted by Gasteiger charge is -2.07. The minimum Gasteiger partial charge on any atom is -0.494 e. The average molecular weight is 278 g/mol. The van der Waals surface area contributed by atoms with Crippen LogP contribution >= 0.6 is 0 Å². The maximum atomic E-state index is 13.4. The van der Waals surface area contributed by atoms with Crippen LogP contribution in [0.5, 0.6) is 5.75 Å². The van der Waals surface area contributed by atoms with Crippen LogP contribution in [0.3, 0.4) is 0 Å². The van der Waals surface area contributed by atoms with Gasteiger partial charge in [0.2, 0.25) is 5.95 Å². The molecular formula is C14H12F2N2O2. The molecule has 0 saturated heterocycles. The highest BCUT2D eigenvalue weighted by Gasteiger charge is 2.16. The summed E-state index contributed by atoms with van der Waals surface area (Å²) in [5, 5.41) is 2.47. The zero-order valence-corrected chi connectivity index (χ0v) is 10.7. The van der Waals surface area contributed by atoms with Gasteiger partial charge in [-0.25, -0.2) is 9.37 Å². The summed E-state index contributed by atoms with van der Waals surface area (Å²) < 4.78 is 31.6. The molecule has 1 amide bonds. The fourth-order valence-corrected chi connectivity index (χ4v) is 1.59. The van der Waals surface area contributed by atoms with Crippen LogP contribution in [0.1, 0.15) is 17.3 Å². The van der Waals surface area contributed by atoms with Crippen LogP contribution < -0.4 is 10.1 Å². The van der Waals surface area contributed by atoms with Crippen molar-refractivity contribution >= 4 is 11.6 Å². The van der Waals surface area contributed by atoms with Crippen LogP contribution in [0.25, 0.3) is 0 Å². The number of benzene rings is 1. The van der Waals surface area contributed by atoms with E-state index in [0.717, 1.165) is 12.3 Å². The van der Waals surface area contributed by atoms with Crippen molar-refractivity contribution in [2.24, 2.45) is 0 Å². The molecule has 1 N–H and O–H groups in total. The van der Waals surface area contributed by atoms with Crippen LogP contribution in [0, 0.1) is 11.8 Å². The van der Waals surface area contributed by atoms with E-state index in [9.17, 15) is 13.6 Å². The van der Waals surface area contributed by atoms with Crippen LogP contribution in [0.15, 0.2) is 36.5 Å². The number of halogens is 2. The molecule has 20 heavy (non-hydrogen) atoms. The first kappa shape index (κ1) is 13.9. The van der Waals surface area contributed by atoms with Gasteiger partial charge in [0.05, 0.1) is 12.2 Å². The number of rotatable bonds is 4. The maximum absolute atomic E-state index is 13.4. The average Bonchev–Trinajstić information content (AvgIpc) is 2.44. The molecule has 0 aliphatic heterocycles. The summed E-state index contributed by atoms with van der Waals surface area (Å²) in [5.74, 6) is -2.65. The first-order chi connectivity index (χ1) is 9.61. The lowest BCUT2D eigenvalue weighted by Crippen LogP contribution is -2.15. The van der Waals surface area contributed by atoms with Crippen molar-refractivity contribution < 1.29 is 18.3 Å². The number of aromatic nitrogens is 1. The van der Waals surface area contributed by atoms with Crippen LogP contribution in [-0.2, 0) is 0 Å². The summed E-state index contributed by atoms with van der Waals surface area (Å²) >= 11 is 0. The summed E-state index contributed by atoms with van der Waals surface area (Å²) in [4.78, 5) is 14.9. The van der Waals surface area contributed by atoms with Crippen molar-refractivity contribution in [1.29, 1.82) is 0 Å². The van der Waals surface area contributed by atoms with Crippen molar-refractivity contribution in [3.8, 4) is 5.75 Å². The maximum Gasteiger partial charge on any atom is 0.258 e. The number of anilines is 1. The number of ether oxygens (including phenoxy) is 1. The Labute approximate surface area is 114 Å². The summed E-state index contributed by atoms with van der Waals surface area (Å²) in [6.07, 6.45) is 1.03. The lowest BCUT2D eigenvalue weighted by molar-refractivity contribution is 0.102. The van der Waals surface area contributed by atoms with Crippen LogP contribution in [-0.4, -0.2) is 17.5 Å². The molecule has 0 aliphatic carbocycles. The Kier molecular flexibility index (Phi) is 4.24. The van der Waals surface area contributed by atoms with Crippen LogP contribution in [0.2, 0.25) is 0 Å². The third-order valence-corrected chi connectivity index (χ3v) is 2.51. The Morgan fingerprint density at radius 1 is 1.25 bits per heavy atom. The van der Waals surface area contributed by atoms with Crippen molar-refractivity contribution in [1.82, 2.24) is 4.98 Å². The number of hydrogen-bond acceptors (Lipinski definition) is 3. The van der Waals surface area contributed by atoms with Crippen molar-refractivity contribution in [2.45, 2.75) is 6.92 Å². The molecule has 0 saturated carbocycles. The summed E-state index contributed by atoms with van der Waals surface area (Å²) in [6, 6.07) is 7.67. The fourth-order valence-electron chi connectivity index (χ4n) is 1.59. The first-order valence-corrected chi connectivity index (χ1v) is 5.96. The second-order valence-electron chi connectivity index (χ2n) is 3.87. The molecule has 1 heterocycles. The van der Waals surface area contributed by atoms with Gasteiger partial charge in [0.25, 0.3) is 5.91 Å². The molecule has 0 bridgehead atoms. The smallest absolute Gasteiger partial charge is 0.258 e. The first-order valence-electron chi connectivity index (χ1n) is 5.96. The monoisotopic (exact) mass is 278 g/mol. The molecule has 0 aliphatic rings. The lowest BCUT2D eigenvalue weighted by atomic mass is 10.2. The number of pyridine rings is 1. The molecule has 0 fully saturated rings. The standard InChI is InChI=1S/C14H12F2N2O2/c1-2-20-10-5-3-9(4-6-10)18-14(19)11-7-8-17-13(16)12(11)15/h3-8H,2H2,1H3,(H,18,19). The number of amides is 1. The molecule has 0 radical (unpaired) electrons. The molecule has 1 aromatic heterocycles. The van der Waals surface area contributed by atoms with Gasteiger partial charge in [-0.05, 0) is 37.3 Å². The van der Waals surface area contributed by atoms with Gasteiger partial charge in [-0.15, -0.1) is 0 Å².